The molecule has 0 fully saturated rings. The van der Waals surface area contributed by atoms with Gasteiger partial charge in [-0.05, 0) is 48.4 Å². The summed E-state index contributed by atoms with van der Waals surface area (Å²) in [5.74, 6) is 0.317. The minimum Gasteiger partial charge on any atom is -0.385 e. The Morgan fingerprint density at radius 2 is 1.85 bits per heavy atom. The summed E-state index contributed by atoms with van der Waals surface area (Å²) in [5.41, 5.74) is 0.755. The van der Waals surface area contributed by atoms with E-state index < -0.39 is 11.7 Å². The molecule has 0 unspecified atom stereocenters. The predicted molar refractivity (Wildman–Crippen MR) is 124 cm³/mol. The van der Waals surface area contributed by atoms with Crippen LogP contribution in [0.15, 0.2) is 77.8 Å². The Morgan fingerprint density at radius 3 is 2.58 bits per heavy atom. The van der Waals surface area contributed by atoms with Crippen LogP contribution < -0.4 is 0 Å². The molecule has 1 aromatic heterocycles. The number of alkyl halides is 3. The highest BCUT2D eigenvalue weighted by Gasteiger charge is 2.30. The molecule has 4 nitrogen and oxygen atoms in total. The zero-order chi connectivity index (χ0) is 23.7. The number of amides is 1. The van der Waals surface area contributed by atoms with Crippen molar-refractivity contribution in [1.82, 2.24) is 9.47 Å². The zero-order valence-electron chi connectivity index (χ0n) is 18.4. The Hall–Kier alpha value is -2.71. The number of rotatable bonds is 11. The van der Waals surface area contributed by atoms with Crippen molar-refractivity contribution in [3.05, 3.63) is 89.7 Å². The molecule has 0 spiro atoms. The van der Waals surface area contributed by atoms with Gasteiger partial charge in [-0.1, -0.05) is 30.3 Å². The van der Waals surface area contributed by atoms with E-state index in [1.165, 1.54) is 23.9 Å². The van der Waals surface area contributed by atoms with E-state index in [1.807, 2.05) is 53.2 Å². The highest BCUT2D eigenvalue weighted by atomic mass is 32.2. The molecule has 0 saturated heterocycles. The second-order valence-electron chi connectivity index (χ2n) is 7.59. The molecule has 0 radical (unpaired) electrons. The summed E-state index contributed by atoms with van der Waals surface area (Å²) in [5, 5.41) is 0. The monoisotopic (exact) mass is 476 g/mol. The number of hydrogen-bond acceptors (Lipinski definition) is 3. The summed E-state index contributed by atoms with van der Waals surface area (Å²) in [6.45, 7) is 1.76. The fourth-order valence-corrected chi connectivity index (χ4v) is 4.25. The molecule has 2 aromatic carbocycles. The number of carbonyl (C=O) groups is 1. The lowest BCUT2D eigenvalue weighted by Crippen LogP contribution is -2.34. The van der Waals surface area contributed by atoms with Crippen LogP contribution in [0.5, 0.6) is 0 Å². The zero-order valence-corrected chi connectivity index (χ0v) is 19.2. The largest absolute Gasteiger partial charge is 0.416 e. The maximum atomic E-state index is 13.1. The highest BCUT2D eigenvalue weighted by Crippen LogP contribution is 2.29. The summed E-state index contributed by atoms with van der Waals surface area (Å²) in [6, 6.07) is 18.8. The number of aromatic nitrogens is 1. The van der Waals surface area contributed by atoms with Crippen molar-refractivity contribution in [2.45, 2.75) is 30.6 Å². The van der Waals surface area contributed by atoms with Gasteiger partial charge >= 0.3 is 6.18 Å². The van der Waals surface area contributed by atoms with E-state index in [9.17, 15) is 18.0 Å². The molecule has 0 atom stereocenters. The third-order valence-electron chi connectivity index (χ3n) is 5.12. The molecular formula is C25H27F3N2O2S. The molecule has 8 heteroatoms. The summed E-state index contributed by atoms with van der Waals surface area (Å²) in [6.07, 6.45) is -1.85. The summed E-state index contributed by atoms with van der Waals surface area (Å²) in [7, 11) is 1.62. The lowest BCUT2D eigenvalue weighted by atomic mass is 10.1. The van der Waals surface area contributed by atoms with Gasteiger partial charge in [-0.25, -0.2) is 0 Å². The van der Waals surface area contributed by atoms with Crippen LogP contribution in [0.25, 0.3) is 0 Å². The molecule has 3 aromatic rings. The van der Waals surface area contributed by atoms with Crippen molar-refractivity contribution in [3.63, 3.8) is 0 Å². The molecule has 0 saturated carbocycles. The van der Waals surface area contributed by atoms with Gasteiger partial charge in [0.15, 0.2) is 0 Å². The van der Waals surface area contributed by atoms with Crippen LogP contribution in [0.1, 0.15) is 23.2 Å². The van der Waals surface area contributed by atoms with Crippen LogP contribution >= 0.6 is 11.8 Å². The molecule has 3 rings (SSSR count). The topological polar surface area (TPSA) is 34.5 Å². The number of thioether (sulfide) groups is 1. The highest BCUT2D eigenvalue weighted by molar-refractivity contribution is 8.00. The van der Waals surface area contributed by atoms with E-state index in [-0.39, 0.29) is 5.91 Å². The maximum Gasteiger partial charge on any atom is 0.416 e. The van der Waals surface area contributed by atoms with Crippen molar-refractivity contribution in [2.75, 3.05) is 26.0 Å². The standard InChI is InChI=1S/C25H27F3N2O2S/c1-32-15-7-14-30(24(31)19-33-23-11-3-2-4-12-23)18-22-10-6-13-29(22)17-20-8-5-9-21(16-20)25(26,27)28/h2-6,8-13,16H,7,14-15,17-19H2,1H3. The lowest BCUT2D eigenvalue weighted by Gasteiger charge is -2.24. The third-order valence-corrected chi connectivity index (χ3v) is 6.12. The van der Waals surface area contributed by atoms with E-state index in [0.717, 1.165) is 16.7 Å². The van der Waals surface area contributed by atoms with Gasteiger partial charge in [-0.3, -0.25) is 4.79 Å². The van der Waals surface area contributed by atoms with Crippen LogP contribution in [0.4, 0.5) is 13.2 Å². The van der Waals surface area contributed by atoms with Gasteiger partial charge in [0.1, 0.15) is 0 Å². The normalized spacial score (nSPS) is 11.5. The van der Waals surface area contributed by atoms with Crippen LogP contribution in [-0.2, 0) is 28.8 Å². The van der Waals surface area contributed by atoms with Crippen molar-refractivity contribution in [2.24, 2.45) is 0 Å². The van der Waals surface area contributed by atoms with Crippen molar-refractivity contribution < 1.29 is 22.7 Å². The second kappa shape index (κ2) is 12.0. The molecule has 0 N–H and O–H groups in total. The van der Waals surface area contributed by atoms with Crippen LogP contribution in [-0.4, -0.2) is 41.4 Å². The minimum atomic E-state index is -4.38. The fraction of sp³-hybridized carbons (Fsp3) is 0.320. The first kappa shape index (κ1) is 24.9. The number of benzene rings is 2. The number of hydrogen-bond donors (Lipinski definition) is 0. The van der Waals surface area contributed by atoms with E-state index in [2.05, 4.69) is 0 Å². The summed E-state index contributed by atoms with van der Waals surface area (Å²) in [4.78, 5) is 15.8. The first-order valence-electron chi connectivity index (χ1n) is 10.6. The van der Waals surface area contributed by atoms with Gasteiger partial charge in [0.25, 0.3) is 0 Å². The number of nitrogens with zero attached hydrogens (tertiary/aromatic N) is 2. The Morgan fingerprint density at radius 1 is 1.06 bits per heavy atom. The van der Waals surface area contributed by atoms with E-state index in [4.69, 9.17) is 4.74 Å². The van der Waals surface area contributed by atoms with Gasteiger partial charge in [0.05, 0.1) is 17.9 Å². The quantitative estimate of drug-likeness (QED) is 0.263. The molecule has 1 amide bonds. The molecule has 0 bridgehead atoms. The summed E-state index contributed by atoms with van der Waals surface area (Å²) >= 11 is 1.48. The Bertz CT molecular complexity index is 1020. The van der Waals surface area contributed by atoms with Crippen LogP contribution in [0.3, 0.4) is 0 Å². The molecular weight excluding hydrogens is 449 g/mol. The van der Waals surface area contributed by atoms with Crippen LogP contribution in [0.2, 0.25) is 0 Å². The van der Waals surface area contributed by atoms with Gasteiger partial charge in [-0.15, -0.1) is 11.8 Å². The first-order valence-corrected chi connectivity index (χ1v) is 11.6. The van der Waals surface area contributed by atoms with E-state index >= 15 is 0 Å². The Labute approximate surface area is 196 Å². The van der Waals surface area contributed by atoms with Crippen molar-refractivity contribution in [3.8, 4) is 0 Å². The number of carbonyl (C=O) groups excluding carboxylic acids is 1. The van der Waals surface area contributed by atoms with Gasteiger partial charge in [0, 0.05) is 43.6 Å². The molecule has 0 aliphatic carbocycles. The lowest BCUT2D eigenvalue weighted by molar-refractivity contribution is -0.137. The van der Waals surface area contributed by atoms with Gasteiger partial charge < -0.3 is 14.2 Å². The van der Waals surface area contributed by atoms with Crippen molar-refractivity contribution >= 4 is 17.7 Å². The molecule has 1 heterocycles. The SMILES string of the molecule is COCCCN(Cc1cccn1Cc1cccc(C(F)(F)F)c1)C(=O)CSc1ccccc1. The van der Waals surface area contributed by atoms with E-state index in [0.29, 0.717) is 44.0 Å². The first-order chi connectivity index (χ1) is 15.9. The number of methoxy groups -OCH3 is 1. The van der Waals surface area contributed by atoms with Crippen LogP contribution in [0, 0.1) is 0 Å². The molecule has 33 heavy (non-hydrogen) atoms. The molecule has 176 valence electrons. The molecule has 0 aliphatic heterocycles. The maximum absolute atomic E-state index is 13.1. The Balaban J connectivity index is 1.70. The van der Waals surface area contributed by atoms with Gasteiger partial charge in [-0.2, -0.15) is 13.2 Å². The fourth-order valence-electron chi connectivity index (χ4n) is 3.43. The average molecular weight is 477 g/mol. The predicted octanol–water partition coefficient (Wildman–Crippen LogP) is 5.71. The van der Waals surface area contributed by atoms with Crippen molar-refractivity contribution in [1.29, 1.82) is 0 Å². The second-order valence-corrected chi connectivity index (χ2v) is 8.64. The smallest absolute Gasteiger partial charge is 0.385 e. The third kappa shape index (κ3) is 7.68. The van der Waals surface area contributed by atoms with Gasteiger partial charge in [0.2, 0.25) is 5.91 Å². The number of ether oxygens (including phenoxy) is 1. The molecule has 0 aliphatic rings. The van der Waals surface area contributed by atoms with E-state index in [1.54, 1.807) is 18.1 Å². The minimum absolute atomic E-state index is 0.00627. The summed E-state index contributed by atoms with van der Waals surface area (Å²) < 4.78 is 46.2. The average Bonchev–Trinajstić information content (AvgIpc) is 3.23. The Kier molecular flexibility index (Phi) is 9.03. The number of halogens is 3.